The molecule has 0 bridgehead atoms. The average molecular weight is 353 g/mol. The molecule has 26 heavy (non-hydrogen) atoms. The normalized spacial score (nSPS) is 14.6. The van der Waals surface area contributed by atoms with E-state index in [9.17, 15) is 9.59 Å². The van der Waals surface area contributed by atoms with Crippen molar-refractivity contribution in [2.45, 2.75) is 0 Å². The van der Waals surface area contributed by atoms with Crippen LogP contribution in [0.4, 0.5) is 11.5 Å². The minimum Gasteiger partial charge on any atom is -0.378 e. The summed E-state index contributed by atoms with van der Waals surface area (Å²) >= 11 is 0. The first-order valence-electron chi connectivity index (χ1n) is 8.42. The van der Waals surface area contributed by atoms with Crippen LogP contribution in [0.25, 0.3) is 10.9 Å². The molecule has 0 aliphatic carbocycles. The van der Waals surface area contributed by atoms with E-state index in [-0.39, 0.29) is 11.5 Å². The first-order valence-corrected chi connectivity index (χ1v) is 8.42. The molecular formula is C18H19N5O3. The lowest BCUT2D eigenvalue weighted by molar-refractivity contribution is 0.102. The average Bonchev–Trinajstić information content (AvgIpc) is 2.99. The standard InChI is InChI=1S/C18H19N5O3/c1-22-13-3-2-4-14(23-7-9-26-10-8-23)16(13)17(21-22)20-18(25)12-5-6-15(24)19-11-12/h2-6,11H,7-10H2,1H3,(H,19,24)(H,20,21,25). The van der Waals surface area contributed by atoms with Crippen LogP contribution in [0.5, 0.6) is 0 Å². The van der Waals surface area contributed by atoms with Crippen molar-refractivity contribution in [2.75, 3.05) is 36.5 Å². The van der Waals surface area contributed by atoms with Gasteiger partial charge in [0.25, 0.3) is 5.91 Å². The number of pyridine rings is 1. The summed E-state index contributed by atoms with van der Waals surface area (Å²) in [5, 5.41) is 8.25. The molecule has 2 N–H and O–H groups in total. The van der Waals surface area contributed by atoms with Crippen molar-refractivity contribution in [3.63, 3.8) is 0 Å². The largest absolute Gasteiger partial charge is 0.378 e. The van der Waals surface area contributed by atoms with E-state index < -0.39 is 0 Å². The van der Waals surface area contributed by atoms with Gasteiger partial charge in [-0.2, -0.15) is 5.10 Å². The topological polar surface area (TPSA) is 92.2 Å². The second-order valence-electron chi connectivity index (χ2n) is 6.14. The Morgan fingerprint density at radius 3 is 2.77 bits per heavy atom. The second kappa shape index (κ2) is 6.64. The summed E-state index contributed by atoms with van der Waals surface area (Å²) in [5.41, 5.74) is 2.08. The zero-order chi connectivity index (χ0) is 18.1. The lowest BCUT2D eigenvalue weighted by Gasteiger charge is -2.29. The monoisotopic (exact) mass is 353 g/mol. The number of hydrogen-bond acceptors (Lipinski definition) is 5. The second-order valence-corrected chi connectivity index (χ2v) is 6.14. The van der Waals surface area contributed by atoms with Crippen molar-refractivity contribution < 1.29 is 9.53 Å². The zero-order valence-electron chi connectivity index (χ0n) is 14.4. The zero-order valence-corrected chi connectivity index (χ0v) is 14.4. The van der Waals surface area contributed by atoms with Crippen molar-refractivity contribution in [1.29, 1.82) is 0 Å². The van der Waals surface area contributed by atoms with E-state index in [0.29, 0.717) is 24.6 Å². The van der Waals surface area contributed by atoms with E-state index in [0.717, 1.165) is 29.7 Å². The van der Waals surface area contributed by atoms with E-state index in [1.807, 2.05) is 25.2 Å². The molecule has 3 aromatic rings. The highest BCUT2D eigenvalue weighted by Gasteiger charge is 2.20. The number of ether oxygens (including phenoxy) is 1. The van der Waals surface area contributed by atoms with Crippen molar-refractivity contribution in [1.82, 2.24) is 14.8 Å². The van der Waals surface area contributed by atoms with Crippen LogP contribution in [0, 0.1) is 0 Å². The highest BCUT2D eigenvalue weighted by Crippen LogP contribution is 2.33. The van der Waals surface area contributed by atoms with Gasteiger partial charge in [-0.3, -0.25) is 14.3 Å². The summed E-state index contributed by atoms with van der Waals surface area (Å²) in [5.74, 6) is 0.179. The van der Waals surface area contributed by atoms with Crippen LogP contribution in [-0.4, -0.2) is 47.0 Å². The van der Waals surface area contributed by atoms with E-state index in [4.69, 9.17) is 4.74 Å². The van der Waals surface area contributed by atoms with Crippen LogP contribution in [-0.2, 0) is 11.8 Å². The van der Waals surface area contributed by atoms with Crippen LogP contribution in [0.3, 0.4) is 0 Å². The van der Waals surface area contributed by atoms with Gasteiger partial charge in [0.05, 0.1) is 35.4 Å². The Morgan fingerprint density at radius 1 is 1.23 bits per heavy atom. The Hall–Kier alpha value is -3.13. The van der Waals surface area contributed by atoms with Gasteiger partial charge in [-0.1, -0.05) is 6.07 Å². The summed E-state index contributed by atoms with van der Waals surface area (Å²) in [4.78, 5) is 28.5. The SMILES string of the molecule is Cn1nc(NC(=O)c2ccc(=O)[nH]c2)c2c(N3CCOCC3)cccc21. The molecule has 0 radical (unpaired) electrons. The van der Waals surface area contributed by atoms with Crippen molar-refractivity contribution in [3.05, 3.63) is 52.4 Å². The number of rotatable bonds is 3. The van der Waals surface area contributed by atoms with E-state index in [1.165, 1.54) is 18.3 Å². The molecule has 3 heterocycles. The number of aromatic nitrogens is 3. The summed E-state index contributed by atoms with van der Waals surface area (Å²) < 4.78 is 7.19. The smallest absolute Gasteiger partial charge is 0.258 e. The fraction of sp³-hybridized carbons (Fsp3) is 0.278. The number of morpholine rings is 1. The Balaban J connectivity index is 1.73. The Kier molecular flexibility index (Phi) is 4.18. The third kappa shape index (κ3) is 2.95. The van der Waals surface area contributed by atoms with Gasteiger partial charge in [-0.15, -0.1) is 0 Å². The number of aromatic amines is 1. The van der Waals surface area contributed by atoms with Gasteiger partial charge < -0.3 is 19.9 Å². The lowest BCUT2D eigenvalue weighted by Crippen LogP contribution is -2.36. The number of hydrogen-bond donors (Lipinski definition) is 2. The molecule has 8 heteroatoms. The molecule has 1 amide bonds. The van der Waals surface area contributed by atoms with Gasteiger partial charge in [0.2, 0.25) is 5.56 Å². The van der Waals surface area contributed by atoms with Gasteiger partial charge in [-0.05, 0) is 18.2 Å². The van der Waals surface area contributed by atoms with Crippen molar-refractivity contribution in [3.8, 4) is 0 Å². The quantitative estimate of drug-likeness (QED) is 0.742. The minimum absolute atomic E-state index is 0.251. The molecule has 1 saturated heterocycles. The molecular weight excluding hydrogens is 334 g/mol. The molecule has 1 aromatic carbocycles. The van der Waals surface area contributed by atoms with E-state index >= 15 is 0 Å². The molecule has 4 rings (SSSR count). The number of aryl methyl sites for hydroxylation is 1. The number of carbonyl (C=O) groups excluding carboxylic acids is 1. The van der Waals surface area contributed by atoms with Gasteiger partial charge >= 0.3 is 0 Å². The van der Waals surface area contributed by atoms with Crippen LogP contribution < -0.4 is 15.8 Å². The molecule has 1 aliphatic rings. The first kappa shape index (κ1) is 16.3. The molecule has 2 aromatic heterocycles. The van der Waals surface area contributed by atoms with E-state index in [1.54, 1.807) is 4.68 Å². The number of benzene rings is 1. The fourth-order valence-electron chi connectivity index (χ4n) is 3.18. The van der Waals surface area contributed by atoms with Gasteiger partial charge in [0.15, 0.2) is 5.82 Å². The number of H-pyrrole nitrogens is 1. The van der Waals surface area contributed by atoms with Crippen molar-refractivity contribution in [2.24, 2.45) is 7.05 Å². The molecule has 1 fully saturated rings. The Labute approximate surface area is 149 Å². The number of fused-ring (bicyclic) bond motifs is 1. The minimum atomic E-state index is -0.321. The fourth-order valence-corrected chi connectivity index (χ4v) is 3.18. The van der Waals surface area contributed by atoms with E-state index in [2.05, 4.69) is 20.3 Å². The number of anilines is 2. The third-order valence-electron chi connectivity index (χ3n) is 4.49. The Morgan fingerprint density at radius 2 is 2.04 bits per heavy atom. The maximum atomic E-state index is 12.5. The summed E-state index contributed by atoms with van der Waals surface area (Å²) in [7, 11) is 1.85. The summed E-state index contributed by atoms with van der Waals surface area (Å²) in [6.07, 6.45) is 1.39. The predicted molar refractivity (Wildman–Crippen MR) is 98.8 cm³/mol. The number of amides is 1. The number of carbonyl (C=O) groups is 1. The van der Waals surface area contributed by atoms with Gasteiger partial charge in [0.1, 0.15) is 0 Å². The maximum Gasteiger partial charge on any atom is 0.258 e. The summed E-state index contributed by atoms with van der Waals surface area (Å²) in [6.45, 7) is 2.94. The van der Waals surface area contributed by atoms with Gasteiger partial charge in [0, 0.05) is 32.4 Å². The summed E-state index contributed by atoms with van der Waals surface area (Å²) in [6, 6.07) is 8.81. The Bertz CT molecular complexity index is 997. The first-order chi connectivity index (χ1) is 12.6. The van der Waals surface area contributed by atoms with Crippen LogP contribution in [0.15, 0.2) is 41.3 Å². The predicted octanol–water partition coefficient (Wildman–Crippen LogP) is 1.35. The van der Waals surface area contributed by atoms with Crippen LogP contribution in [0.2, 0.25) is 0 Å². The highest BCUT2D eigenvalue weighted by molar-refractivity contribution is 6.10. The highest BCUT2D eigenvalue weighted by atomic mass is 16.5. The number of nitrogens with one attached hydrogen (secondary N) is 2. The molecule has 134 valence electrons. The van der Waals surface area contributed by atoms with Crippen LogP contribution in [0.1, 0.15) is 10.4 Å². The molecule has 0 atom stereocenters. The maximum absolute atomic E-state index is 12.5. The third-order valence-corrected chi connectivity index (χ3v) is 4.49. The molecule has 1 aliphatic heterocycles. The lowest BCUT2D eigenvalue weighted by atomic mass is 10.1. The van der Waals surface area contributed by atoms with Gasteiger partial charge in [-0.25, -0.2) is 0 Å². The van der Waals surface area contributed by atoms with Crippen molar-refractivity contribution >= 4 is 28.3 Å². The molecule has 8 nitrogen and oxygen atoms in total. The molecule has 0 saturated carbocycles. The number of nitrogens with zero attached hydrogens (tertiary/aromatic N) is 3. The molecule has 0 unspecified atom stereocenters. The van der Waals surface area contributed by atoms with Crippen LogP contribution >= 0.6 is 0 Å². The molecule has 0 spiro atoms.